The molecule has 2 amide bonds. The number of benzene rings is 1. The number of rotatable bonds is 7. The number of hydrogen-bond donors (Lipinski definition) is 1. The number of alkyl halides is 2. The number of piperazine rings is 1. The molecule has 0 radical (unpaired) electrons. The molecule has 2 heterocycles. The molecule has 0 spiro atoms. The van der Waals surface area contributed by atoms with E-state index in [9.17, 15) is 18.4 Å². The van der Waals surface area contributed by atoms with Gasteiger partial charge in [-0.15, -0.1) is 0 Å². The van der Waals surface area contributed by atoms with Crippen molar-refractivity contribution in [1.29, 1.82) is 0 Å². The molecule has 2 saturated heterocycles. The van der Waals surface area contributed by atoms with Gasteiger partial charge in [0.1, 0.15) is 5.75 Å². The van der Waals surface area contributed by atoms with Gasteiger partial charge in [-0.1, -0.05) is 6.42 Å². The number of nitrogens with one attached hydrogen (secondary N) is 1. The first-order valence-electron chi connectivity index (χ1n) is 11.6. The Morgan fingerprint density at radius 1 is 0.969 bits per heavy atom. The Bertz CT molecular complexity index is 772. The van der Waals surface area contributed by atoms with Crippen LogP contribution >= 0.6 is 0 Å². The molecule has 2 aliphatic heterocycles. The molecule has 0 bridgehead atoms. The highest BCUT2D eigenvalue weighted by molar-refractivity contribution is 5.94. The molecule has 1 aromatic carbocycles. The van der Waals surface area contributed by atoms with Crippen LogP contribution in [0.25, 0.3) is 0 Å². The molecule has 0 aromatic heterocycles. The molecule has 3 aliphatic rings. The van der Waals surface area contributed by atoms with E-state index in [1.165, 1.54) is 43.5 Å². The van der Waals surface area contributed by atoms with Crippen LogP contribution in [0.15, 0.2) is 24.3 Å². The fourth-order valence-electron chi connectivity index (χ4n) is 4.67. The first kappa shape index (κ1) is 22.9. The summed E-state index contributed by atoms with van der Waals surface area (Å²) in [5.41, 5.74) is 0.408. The molecule has 7 nitrogen and oxygen atoms in total. The first-order valence-corrected chi connectivity index (χ1v) is 11.6. The number of ether oxygens (including phenoxy) is 1. The van der Waals surface area contributed by atoms with Crippen LogP contribution in [0.1, 0.15) is 42.5 Å². The molecule has 0 unspecified atom stereocenters. The van der Waals surface area contributed by atoms with Crippen molar-refractivity contribution in [2.45, 2.75) is 50.8 Å². The predicted molar refractivity (Wildman–Crippen MR) is 116 cm³/mol. The largest absolute Gasteiger partial charge is 0.435 e. The van der Waals surface area contributed by atoms with Gasteiger partial charge in [-0.05, 0) is 49.9 Å². The minimum absolute atomic E-state index is 0.0268. The van der Waals surface area contributed by atoms with Gasteiger partial charge in [0, 0.05) is 56.9 Å². The van der Waals surface area contributed by atoms with Gasteiger partial charge in [0.15, 0.2) is 0 Å². The predicted octanol–water partition coefficient (Wildman–Crippen LogP) is 2.18. The van der Waals surface area contributed by atoms with E-state index in [0.717, 1.165) is 58.2 Å². The van der Waals surface area contributed by atoms with E-state index in [0.29, 0.717) is 12.1 Å². The fraction of sp³-hybridized carbons (Fsp3) is 0.652. The maximum Gasteiger partial charge on any atom is 0.387 e. The maximum atomic E-state index is 12.7. The van der Waals surface area contributed by atoms with Crippen LogP contribution in [0, 0.1) is 0 Å². The van der Waals surface area contributed by atoms with Gasteiger partial charge < -0.3 is 15.0 Å². The molecule has 1 saturated carbocycles. The lowest BCUT2D eigenvalue weighted by molar-refractivity contribution is -0.135. The van der Waals surface area contributed by atoms with Crippen LogP contribution in [0.3, 0.4) is 0 Å². The number of carbonyl (C=O) groups is 2. The summed E-state index contributed by atoms with van der Waals surface area (Å²) < 4.78 is 28.8. The third kappa shape index (κ3) is 5.95. The van der Waals surface area contributed by atoms with Crippen molar-refractivity contribution >= 4 is 11.8 Å². The smallest absolute Gasteiger partial charge is 0.387 e. The van der Waals surface area contributed by atoms with Crippen LogP contribution in [0.5, 0.6) is 5.75 Å². The van der Waals surface area contributed by atoms with Crippen molar-refractivity contribution in [3.63, 3.8) is 0 Å². The number of hydrogen-bond acceptors (Lipinski definition) is 5. The third-order valence-corrected chi connectivity index (χ3v) is 6.88. The van der Waals surface area contributed by atoms with Crippen LogP contribution in [0.2, 0.25) is 0 Å². The van der Waals surface area contributed by atoms with Crippen LogP contribution in [-0.2, 0) is 4.79 Å². The summed E-state index contributed by atoms with van der Waals surface area (Å²) in [5, 5.41) is 3.00. The van der Waals surface area contributed by atoms with Crippen molar-refractivity contribution in [1.82, 2.24) is 20.0 Å². The molecule has 1 aliphatic carbocycles. The number of carbonyl (C=O) groups excluding carboxylic acids is 2. The second kappa shape index (κ2) is 10.6. The van der Waals surface area contributed by atoms with E-state index < -0.39 is 6.61 Å². The molecule has 1 N–H and O–H groups in total. The third-order valence-electron chi connectivity index (χ3n) is 6.88. The van der Waals surface area contributed by atoms with Crippen molar-refractivity contribution < 1.29 is 23.1 Å². The average molecular weight is 451 g/mol. The standard InChI is InChI=1S/C23H32F2N4O3/c24-23(25)32-20-6-4-17(5-7-20)22(31)26-18-8-10-27(11-9-18)16-21(30)29-14-12-28(13-15-29)19-2-1-3-19/h4-7,18-19,23H,1-3,8-16H2,(H,26,31). The Labute approximate surface area is 187 Å². The number of halogens is 2. The molecule has 4 rings (SSSR count). The zero-order valence-corrected chi connectivity index (χ0v) is 18.3. The van der Waals surface area contributed by atoms with Crippen LogP contribution in [0.4, 0.5) is 8.78 Å². The van der Waals surface area contributed by atoms with Gasteiger partial charge in [-0.2, -0.15) is 8.78 Å². The number of amides is 2. The topological polar surface area (TPSA) is 65.1 Å². The van der Waals surface area contributed by atoms with Crippen molar-refractivity contribution in [2.24, 2.45) is 0 Å². The Hall–Kier alpha value is -2.26. The Morgan fingerprint density at radius 3 is 2.19 bits per heavy atom. The van der Waals surface area contributed by atoms with Gasteiger partial charge in [-0.25, -0.2) is 0 Å². The second-order valence-corrected chi connectivity index (χ2v) is 8.93. The highest BCUT2D eigenvalue weighted by atomic mass is 19.3. The van der Waals surface area contributed by atoms with Crippen molar-refractivity contribution in [3.8, 4) is 5.75 Å². The van der Waals surface area contributed by atoms with Gasteiger partial charge >= 0.3 is 6.61 Å². The zero-order valence-electron chi connectivity index (χ0n) is 18.3. The Kier molecular flexibility index (Phi) is 7.57. The molecule has 0 atom stereocenters. The van der Waals surface area contributed by atoms with E-state index in [1.807, 2.05) is 4.90 Å². The van der Waals surface area contributed by atoms with E-state index in [-0.39, 0.29) is 23.6 Å². The van der Waals surface area contributed by atoms with E-state index in [1.54, 1.807) is 0 Å². The van der Waals surface area contributed by atoms with Crippen LogP contribution in [-0.4, -0.2) is 91.0 Å². The number of nitrogens with zero attached hydrogens (tertiary/aromatic N) is 3. The summed E-state index contributed by atoms with van der Waals surface area (Å²) in [5.74, 6) is -0.00159. The van der Waals surface area contributed by atoms with Gasteiger partial charge in [0.2, 0.25) is 5.91 Å². The lowest BCUT2D eigenvalue weighted by Crippen LogP contribution is -2.55. The molecular formula is C23H32F2N4O3. The lowest BCUT2D eigenvalue weighted by atomic mass is 9.91. The zero-order chi connectivity index (χ0) is 22.5. The minimum Gasteiger partial charge on any atom is -0.435 e. The van der Waals surface area contributed by atoms with E-state index >= 15 is 0 Å². The Morgan fingerprint density at radius 2 is 1.62 bits per heavy atom. The minimum atomic E-state index is -2.89. The highest BCUT2D eigenvalue weighted by Crippen LogP contribution is 2.25. The molecule has 3 fully saturated rings. The number of piperidine rings is 1. The van der Waals surface area contributed by atoms with Gasteiger partial charge in [0.25, 0.3) is 5.91 Å². The first-order chi connectivity index (χ1) is 15.5. The van der Waals surface area contributed by atoms with Crippen molar-refractivity contribution in [2.75, 3.05) is 45.8 Å². The average Bonchev–Trinajstić information content (AvgIpc) is 2.74. The summed E-state index contributed by atoms with van der Waals surface area (Å²) in [6.45, 7) is 2.70. The van der Waals surface area contributed by atoms with Crippen LogP contribution < -0.4 is 10.1 Å². The number of likely N-dealkylation sites (tertiary alicyclic amines) is 1. The molecule has 32 heavy (non-hydrogen) atoms. The normalized spacial score (nSPS) is 21.4. The van der Waals surface area contributed by atoms with E-state index in [4.69, 9.17) is 0 Å². The van der Waals surface area contributed by atoms with Gasteiger partial charge in [-0.3, -0.25) is 19.4 Å². The van der Waals surface area contributed by atoms with E-state index in [2.05, 4.69) is 19.9 Å². The summed E-state index contributed by atoms with van der Waals surface area (Å²) in [4.78, 5) is 31.8. The molecular weight excluding hydrogens is 418 g/mol. The SMILES string of the molecule is O=C(NC1CCN(CC(=O)N2CCN(C3CCC3)CC2)CC1)c1ccc(OC(F)F)cc1. The van der Waals surface area contributed by atoms with Gasteiger partial charge in [0.05, 0.1) is 6.54 Å². The molecule has 9 heteroatoms. The summed E-state index contributed by atoms with van der Waals surface area (Å²) in [6, 6.07) is 6.46. The summed E-state index contributed by atoms with van der Waals surface area (Å²) >= 11 is 0. The highest BCUT2D eigenvalue weighted by Gasteiger charge is 2.30. The quantitative estimate of drug-likeness (QED) is 0.690. The summed E-state index contributed by atoms with van der Waals surface area (Å²) in [7, 11) is 0. The maximum absolute atomic E-state index is 12.7. The monoisotopic (exact) mass is 450 g/mol. The molecule has 1 aromatic rings. The lowest BCUT2D eigenvalue weighted by Gasteiger charge is -2.43. The van der Waals surface area contributed by atoms with Crippen molar-refractivity contribution in [3.05, 3.63) is 29.8 Å². The fourth-order valence-corrected chi connectivity index (χ4v) is 4.67. The summed E-state index contributed by atoms with van der Waals surface area (Å²) in [6.07, 6.45) is 5.50. The molecule has 176 valence electrons. The second-order valence-electron chi connectivity index (χ2n) is 8.93. The Balaban J connectivity index is 1.15.